The molecular formula is C26H56O6Si3. The van der Waals surface area contributed by atoms with E-state index in [1.165, 1.54) is 0 Å². The molecule has 0 aliphatic heterocycles. The van der Waals surface area contributed by atoms with Crippen LogP contribution in [0.1, 0.15) is 52.4 Å². The number of allylic oxidation sites excluding steroid dienone is 2. The molecule has 0 spiro atoms. The van der Waals surface area contributed by atoms with Crippen molar-refractivity contribution in [2.45, 2.75) is 104 Å². The van der Waals surface area contributed by atoms with Gasteiger partial charge in [-0.25, -0.2) is 0 Å². The molecule has 35 heavy (non-hydrogen) atoms. The average Bonchev–Trinajstić information content (AvgIpc) is 2.74. The van der Waals surface area contributed by atoms with Crippen molar-refractivity contribution >= 4 is 25.2 Å². The maximum absolute atomic E-state index is 6.71. The summed E-state index contributed by atoms with van der Waals surface area (Å²) in [7, 11) is -5.73. The van der Waals surface area contributed by atoms with Gasteiger partial charge < -0.3 is 27.2 Å². The highest BCUT2D eigenvalue weighted by Gasteiger charge is 2.39. The largest absolute Gasteiger partial charge is 0.502 e. The summed E-state index contributed by atoms with van der Waals surface area (Å²) in [5, 5.41) is 0. The number of unbranched alkanes of at least 4 members (excludes halogenated alkanes) is 2. The molecule has 0 rings (SSSR count). The molecule has 0 radical (unpaired) electrons. The van der Waals surface area contributed by atoms with E-state index in [-0.39, 0.29) is 0 Å². The van der Waals surface area contributed by atoms with Crippen LogP contribution in [0.3, 0.4) is 0 Å². The van der Waals surface area contributed by atoms with Gasteiger partial charge >= 0.3 is 8.56 Å². The first-order valence-electron chi connectivity index (χ1n) is 13.5. The Balaban J connectivity index is 3.99. The van der Waals surface area contributed by atoms with E-state index in [9.17, 15) is 0 Å². The van der Waals surface area contributed by atoms with E-state index in [1.54, 1.807) is 12.5 Å². The monoisotopic (exact) mass is 548 g/mol. The zero-order chi connectivity index (χ0) is 26.5. The van der Waals surface area contributed by atoms with Gasteiger partial charge in [0.05, 0.1) is 25.7 Å². The number of hydrogen-bond acceptors (Lipinski definition) is 6. The van der Waals surface area contributed by atoms with Gasteiger partial charge in [0.25, 0.3) is 0 Å². The van der Waals surface area contributed by atoms with Gasteiger partial charge in [0.2, 0.25) is 0 Å². The fraction of sp³-hybridized carbons (Fsp3) is 0.846. The van der Waals surface area contributed by atoms with Gasteiger partial charge in [-0.05, 0) is 104 Å². The first-order chi connectivity index (χ1) is 16.5. The first-order valence-corrected chi connectivity index (χ1v) is 22.6. The molecule has 0 N–H and O–H groups in total. The quantitative estimate of drug-likeness (QED) is 0.0703. The summed E-state index contributed by atoms with van der Waals surface area (Å²) in [6, 6.07) is 2.21. The minimum absolute atomic E-state index is 0.765. The molecule has 0 amide bonds. The molecule has 0 bridgehead atoms. The van der Waals surface area contributed by atoms with Crippen molar-refractivity contribution in [1.29, 1.82) is 0 Å². The Hall–Kier alpha value is -0.429. The van der Waals surface area contributed by atoms with Crippen LogP contribution in [0, 0.1) is 0 Å². The zero-order valence-electron chi connectivity index (χ0n) is 24.2. The minimum atomic E-state index is -2.17. The Morgan fingerprint density at radius 1 is 0.486 bits per heavy atom. The number of ether oxygens (including phenoxy) is 4. The van der Waals surface area contributed by atoms with Crippen LogP contribution < -0.4 is 0 Å². The minimum Gasteiger partial charge on any atom is -0.502 e. The molecule has 0 unspecified atom stereocenters. The molecule has 0 aromatic rings. The van der Waals surface area contributed by atoms with Crippen molar-refractivity contribution in [1.82, 2.24) is 0 Å². The molecule has 0 saturated heterocycles. The molecular weight excluding hydrogens is 493 g/mol. The lowest BCUT2D eigenvalue weighted by Gasteiger charge is -2.38. The van der Waals surface area contributed by atoms with Gasteiger partial charge in [-0.3, -0.25) is 0 Å². The van der Waals surface area contributed by atoms with E-state index >= 15 is 0 Å². The predicted octanol–water partition coefficient (Wildman–Crippen LogP) is 7.61. The SMILES string of the molecule is C/C=C/OCCCCOCCC[Si](C)(C)O[Si](C)(C)O[Si](C)(C)CCCOCCCCO/C=C/C. The molecule has 6 nitrogen and oxygen atoms in total. The highest BCUT2D eigenvalue weighted by molar-refractivity contribution is 6.87. The third-order valence-electron chi connectivity index (χ3n) is 5.25. The highest BCUT2D eigenvalue weighted by atomic mass is 28.5. The van der Waals surface area contributed by atoms with Crippen LogP contribution in [-0.2, 0) is 27.2 Å². The van der Waals surface area contributed by atoms with Crippen molar-refractivity contribution < 1.29 is 27.2 Å². The average molecular weight is 549 g/mol. The second-order valence-electron chi connectivity index (χ2n) is 10.6. The standard InChI is InChI=1S/C26H56O6Si3/c1-9-17-27-19-11-13-21-29-23-15-25-33(3,4)31-35(7,8)32-34(5,6)26-16-24-30-22-14-12-20-28-18-10-2/h9-10,17-18H,11-16,19-26H2,1-8H3/b17-9+,18-10+. The van der Waals surface area contributed by atoms with Crippen molar-refractivity contribution in [3.8, 4) is 0 Å². The van der Waals surface area contributed by atoms with E-state index < -0.39 is 25.2 Å². The summed E-state index contributed by atoms with van der Waals surface area (Å²) in [6.07, 6.45) is 13.6. The van der Waals surface area contributed by atoms with Gasteiger partial charge in [-0.1, -0.05) is 12.2 Å². The number of hydrogen-bond donors (Lipinski definition) is 0. The van der Waals surface area contributed by atoms with Crippen molar-refractivity contribution in [3.63, 3.8) is 0 Å². The van der Waals surface area contributed by atoms with Crippen molar-refractivity contribution in [3.05, 3.63) is 24.7 Å². The molecule has 0 saturated carbocycles. The normalized spacial score (nSPS) is 13.3. The molecule has 0 fully saturated rings. The summed E-state index contributed by atoms with van der Waals surface area (Å²) in [5.74, 6) is 0. The molecule has 0 heterocycles. The topological polar surface area (TPSA) is 55.4 Å². The lowest BCUT2D eigenvalue weighted by molar-refractivity contribution is 0.123. The van der Waals surface area contributed by atoms with Crippen LogP contribution in [0.5, 0.6) is 0 Å². The highest BCUT2D eigenvalue weighted by Crippen LogP contribution is 2.26. The summed E-state index contributed by atoms with van der Waals surface area (Å²) < 4.78 is 35.7. The van der Waals surface area contributed by atoms with Crippen LogP contribution in [0.15, 0.2) is 24.7 Å². The zero-order valence-corrected chi connectivity index (χ0v) is 27.2. The van der Waals surface area contributed by atoms with E-state index in [2.05, 4.69) is 39.3 Å². The van der Waals surface area contributed by atoms with Crippen LogP contribution >= 0.6 is 0 Å². The lowest BCUT2D eigenvalue weighted by Crippen LogP contribution is -2.52. The Labute approximate surface area is 220 Å². The summed E-state index contributed by atoms with van der Waals surface area (Å²) in [4.78, 5) is 0. The molecule has 0 aliphatic carbocycles. The second kappa shape index (κ2) is 20.6. The van der Waals surface area contributed by atoms with Gasteiger partial charge in [0.15, 0.2) is 16.6 Å². The Kier molecular flexibility index (Phi) is 20.4. The van der Waals surface area contributed by atoms with E-state index in [0.717, 1.165) is 90.3 Å². The third-order valence-corrected chi connectivity index (χ3v) is 16.7. The third kappa shape index (κ3) is 23.7. The maximum atomic E-state index is 6.71. The van der Waals surface area contributed by atoms with Crippen LogP contribution in [0.4, 0.5) is 0 Å². The van der Waals surface area contributed by atoms with E-state index in [4.69, 9.17) is 27.2 Å². The van der Waals surface area contributed by atoms with Crippen LogP contribution in [0.2, 0.25) is 51.4 Å². The summed E-state index contributed by atoms with van der Waals surface area (Å²) in [6.45, 7) is 22.4. The maximum Gasteiger partial charge on any atom is 0.311 e. The molecule has 0 aliphatic rings. The molecule has 0 aromatic carbocycles. The lowest BCUT2D eigenvalue weighted by atomic mass is 10.3. The van der Waals surface area contributed by atoms with E-state index in [1.807, 2.05) is 26.0 Å². The van der Waals surface area contributed by atoms with Gasteiger partial charge in [0, 0.05) is 26.4 Å². The van der Waals surface area contributed by atoms with Gasteiger partial charge in [-0.15, -0.1) is 0 Å². The smallest absolute Gasteiger partial charge is 0.311 e. The van der Waals surface area contributed by atoms with Crippen molar-refractivity contribution in [2.24, 2.45) is 0 Å². The predicted molar refractivity (Wildman–Crippen MR) is 155 cm³/mol. The molecule has 0 aromatic heterocycles. The molecule has 0 atom stereocenters. The van der Waals surface area contributed by atoms with Crippen LogP contribution in [-0.4, -0.2) is 64.8 Å². The Morgan fingerprint density at radius 3 is 1.20 bits per heavy atom. The fourth-order valence-corrected chi connectivity index (χ4v) is 18.0. The summed E-state index contributed by atoms with van der Waals surface area (Å²) >= 11 is 0. The Morgan fingerprint density at radius 2 is 0.829 bits per heavy atom. The van der Waals surface area contributed by atoms with Crippen molar-refractivity contribution in [2.75, 3.05) is 39.6 Å². The molecule has 9 heteroatoms. The van der Waals surface area contributed by atoms with Gasteiger partial charge in [0.1, 0.15) is 0 Å². The number of rotatable bonds is 24. The van der Waals surface area contributed by atoms with Gasteiger partial charge in [-0.2, -0.15) is 0 Å². The first kappa shape index (κ1) is 34.6. The second-order valence-corrected chi connectivity index (χ2v) is 23.1. The Bertz CT molecular complexity index is 507. The van der Waals surface area contributed by atoms with Crippen LogP contribution in [0.25, 0.3) is 0 Å². The molecule has 208 valence electrons. The fourth-order valence-electron chi connectivity index (χ4n) is 3.97. The summed E-state index contributed by atoms with van der Waals surface area (Å²) in [5.41, 5.74) is 0. The van der Waals surface area contributed by atoms with E-state index in [0.29, 0.717) is 0 Å².